The molecule has 100 valence electrons. The van der Waals surface area contributed by atoms with Gasteiger partial charge in [-0.2, -0.15) is 0 Å². The van der Waals surface area contributed by atoms with E-state index in [9.17, 15) is 10.1 Å². The Morgan fingerprint density at radius 1 is 1.33 bits per heavy atom. The molecule has 1 aromatic carbocycles. The summed E-state index contributed by atoms with van der Waals surface area (Å²) in [6, 6.07) is 4.41. The fraction of sp³-hybridized carbons (Fsp3) is 0.455. The van der Waals surface area contributed by atoms with Crippen LogP contribution in [0.1, 0.15) is 0 Å². The number of methoxy groups -OCH3 is 1. The van der Waals surface area contributed by atoms with Gasteiger partial charge in [0.1, 0.15) is 12.4 Å². The number of alkyl halides is 1. The summed E-state index contributed by atoms with van der Waals surface area (Å²) in [4.78, 5) is 10.3. The lowest BCUT2D eigenvalue weighted by Gasteiger charge is -2.08. The molecular weight excluding hydrogens is 262 g/mol. The molecule has 1 rings (SSSR count). The first-order valence-electron chi connectivity index (χ1n) is 5.28. The molecule has 7 heteroatoms. The standard InChI is InChI=1S/C11H14ClNO5/c1-16-9-2-3-11(10(8-9)13(14)15)18-7-6-17-5-4-12/h2-3,8H,4-7H2,1H3. The van der Waals surface area contributed by atoms with Crippen molar-refractivity contribution in [3.63, 3.8) is 0 Å². The van der Waals surface area contributed by atoms with Crippen LogP contribution in [0.4, 0.5) is 5.69 Å². The molecule has 0 N–H and O–H groups in total. The van der Waals surface area contributed by atoms with Crippen molar-refractivity contribution < 1.29 is 19.1 Å². The maximum Gasteiger partial charge on any atom is 0.314 e. The molecule has 0 amide bonds. The summed E-state index contributed by atoms with van der Waals surface area (Å²) in [6.45, 7) is 0.982. The van der Waals surface area contributed by atoms with Gasteiger partial charge in [-0.15, -0.1) is 11.6 Å². The van der Waals surface area contributed by atoms with Crippen molar-refractivity contribution in [1.29, 1.82) is 0 Å². The van der Waals surface area contributed by atoms with Gasteiger partial charge in [0.25, 0.3) is 0 Å². The predicted octanol–water partition coefficient (Wildman–Crippen LogP) is 2.24. The van der Waals surface area contributed by atoms with Gasteiger partial charge < -0.3 is 14.2 Å². The third-order valence-corrected chi connectivity index (χ3v) is 2.22. The number of nitrogens with zero attached hydrogens (tertiary/aromatic N) is 1. The Kier molecular flexibility index (Phi) is 6.24. The third-order valence-electron chi connectivity index (χ3n) is 2.07. The first-order chi connectivity index (χ1) is 8.69. The zero-order chi connectivity index (χ0) is 13.4. The Labute approximate surface area is 110 Å². The average molecular weight is 276 g/mol. The lowest BCUT2D eigenvalue weighted by molar-refractivity contribution is -0.386. The maximum atomic E-state index is 10.8. The molecule has 0 atom stereocenters. The molecule has 0 heterocycles. The van der Waals surface area contributed by atoms with Crippen molar-refractivity contribution in [3.8, 4) is 11.5 Å². The molecule has 1 aromatic rings. The molecule has 18 heavy (non-hydrogen) atoms. The van der Waals surface area contributed by atoms with E-state index < -0.39 is 4.92 Å². The van der Waals surface area contributed by atoms with Crippen LogP contribution in [0.2, 0.25) is 0 Å². The summed E-state index contributed by atoms with van der Waals surface area (Å²) < 4.78 is 15.3. The summed E-state index contributed by atoms with van der Waals surface area (Å²) in [5.41, 5.74) is -0.133. The van der Waals surface area contributed by atoms with Crippen molar-refractivity contribution in [1.82, 2.24) is 0 Å². The number of halogens is 1. The minimum atomic E-state index is -0.516. The van der Waals surface area contributed by atoms with Crippen LogP contribution in [0.3, 0.4) is 0 Å². The van der Waals surface area contributed by atoms with Gasteiger partial charge in [-0.1, -0.05) is 0 Å². The lowest BCUT2D eigenvalue weighted by atomic mass is 10.3. The topological polar surface area (TPSA) is 70.8 Å². The highest BCUT2D eigenvalue weighted by atomic mass is 35.5. The molecule has 0 aliphatic carbocycles. The van der Waals surface area contributed by atoms with E-state index in [4.69, 9.17) is 25.8 Å². The number of nitro groups is 1. The van der Waals surface area contributed by atoms with Gasteiger partial charge in [0, 0.05) is 5.88 Å². The van der Waals surface area contributed by atoms with Crippen LogP contribution < -0.4 is 9.47 Å². The van der Waals surface area contributed by atoms with Gasteiger partial charge in [0.05, 0.1) is 31.3 Å². The SMILES string of the molecule is COc1ccc(OCCOCCCl)c([N+](=O)[O-])c1. The summed E-state index contributed by atoms with van der Waals surface area (Å²) in [5, 5.41) is 10.8. The molecule has 0 unspecified atom stereocenters. The van der Waals surface area contributed by atoms with Crippen LogP contribution >= 0.6 is 11.6 Å². The third kappa shape index (κ3) is 4.38. The van der Waals surface area contributed by atoms with Crippen LogP contribution in [-0.2, 0) is 4.74 Å². The van der Waals surface area contributed by atoms with Gasteiger partial charge >= 0.3 is 5.69 Å². The number of benzene rings is 1. The molecule has 6 nitrogen and oxygen atoms in total. The number of nitro benzene ring substituents is 1. The normalized spacial score (nSPS) is 10.1. The number of hydrogen-bond acceptors (Lipinski definition) is 5. The van der Waals surface area contributed by atoms with E-state index >= 15 is 0 Å². The van der Waals surface area contributed by atoms with Crippen LogP contribution in [0.5, 0.6) is 11.5 Å². The molecule has 0 radical (unpaired) electrons. The van der Waals surface area contributed by atoms with E-state index in [1.807, 2.05) is 0 Å². The molecule has 0 saturated heterocycles. The van der Waals surface area contributed by atoms with E-state index in [0.717, 1.165) is 0 Å². The summed E-state index contributed by atoms with van der Waals surface area (Å²) >= 11 is 5.43. The first-order valence-corrected chi connectivity index (χ1v) is 5.81. The molecule has 0 spiro atoms. The van der Waals surface area contributed by atoms with Crippen molar-refractivity contribution in [2.45, 2.75) is 0 Å². The highest BCUT2D eigenvalue weighted by Crippen LogP contribution is 2.30. The van der Waals surface area contributed by atoms with Crippen molar-refractivity contribution in [2.75, 3.05) is 32.8 Å². The zero-order valence-electron chi connectivity index (χ0n) is 9.93. The summed E-state index contributed by atoms with van der Waals surface area (Å²) in [5.74, 6) is 1.01. The monoisotopic (exact) mass is 275 g/mol. The van der Waals surface area contributed by atoms with Gasteiger partial charge in [0.15, 0.2) is 5.75 Å². The van der Waals surface area contributed by atoms with Crippen LogP contribution in [-0.4, -0.2) is 37.7 Å². The second-order valence-electron chi connectivity index (χ2n) is 3.24. The van der Waals surface area contributed by atoms with Gasteiger partial charge in [0.2, 0.25) is 0 Å². The molecule has 0 aromatic heterocycles. The smallest absolute Gasteiger partial charge is 0.314 e. The zero-order valence-corrected chi connectivity index (χ0v) is 10.7. The Morgan fingerprint density at radius 2 is 2.11 bits per heavy atom. The number of hydrogen-bond donors (Lipinski definition) is 0. The number of ether oxygens (including phenoxy) is 3. The van der Waals surface area contributed by atoms with Gasteiger partial charge in [-0.25, -0.2) is 0 Å². The number of rotatable bonds is 8. The molecular formula is C11H14ClNO5. The largest absolute Gasteiger partial charge is 0.496 e. The van der Waals surface area contributed by atoms with Crippen molar-refractivity contribution in [3.05, 3.63) is 28.3 Å². The van der Waals surface area contributed by atoms with E-state index in [2.05, 4.69) is 0 Å². The molecule has 0 fully saturated rings. The van der Waals surface area contributed by atoms with Crippen LogP contribution in [0.15, 0.2) is 18.2 Å². The fourth-order valence-corrected chi connectivity index (χ4v) is 1.37. The Hall–Kier alpha value is -1.53. The van der Waals surface area contributed by atoms with E-state index in [1.165, 1.54) is 19.2 Å². The Morgan fingerprint density at radius 3 is 2.72 bits per heavy atom. The van der Waals surface area contributed by atoms with E-state index in [-0.39, 0.29) is 18.0 Å². The minimum absolute atomic E-state index is 0.133. The van der Waals surface area contributed by atoms with E-state index in [0.29, 0.717) is 24.8 Å². The Bertz CT molecular complexity index is 399. The Balaban J connectivity index is 2.61. The fourth-order valence-electron chi connectivity index (χ4n) is 1.26. The molecule has 0 bridgehead atoms. The van der Waals surface area contributed by atoms with Gasteiger partial charge in [-0.3, -0.25) is 10.1 Å². The summed E-state index contributed by atoms with van der Waals surface area (Å²) in [7, 11) is 1.44. The molecule has 0 aliphatic heterocycles. The van der Waals surface area contributed by atoms with Crippen LogP contribution in [0.25, 0.3) is 0 Å². The second-order valence-corrected chi connectivity index (χ2v) is 3.62. The first kappa shape index (κ1) is 14.5. The molecule has 0 aliphatic rings. The highest BCUT2D eigenvalue weighted by molar-refractivity contribution is 6.17. The highest BCUT2D eigenvalue weighted by Gasteiger charge is 2.16. The predicted molar refractivity (Wildman–Crippen MR) is 66.7 cm³/mol. The molecule has 0 saturated carbocycles. The van der Waals surface area contributed by atoms with Gasteiger partial charge in [-0.05, 0) is 12.1 Å². The summed E-state index contributed by atoms with van der Waals surface area (Å²) in [6.07, 6.45) is 0. The van der Waals surface area contributed by atoms with E-state index in [1.54, 1.807) is 6.07 Å². The van der Waals surface area contributed by atoms with Crippen LogP contribution in [0, 0.1) is 10.1 Å². The van der Waals surface area contributed by atoms with Crippen molar-refractivity contribution in [2.24, 2.45) is 0 Å². The lowest BCUT2D eigenvalue weighted by Crippen LogP contribution is -2.09. The minimum Gasteiger partial charge on any atom is -0.496 e. The second kappa shape index (κ2) is 7.73. The quantitative estimate of drug-likeness (QED) is 0.315. The average Bonchev–Trinajstić information content (AvgIpc) is 2.38. The maximum absolute atomic E-state index is 10.8. The van der Waals surface area contributed by atoms with Crippen molar-refractivity contribution >= 4 is 17.3 Å².